The van der Waals surface area contributed by atoms with Gasteiger partial charge in [-0.15, -0.1) is 0 Å². The number of carbonyl (C=O) groups is 1. The van der Waals surface area contributed by atoms with Gasteiger partial charge in [0, 0.05) is 6.54 Å². The number of carbonyl (C=O) groups excluding carboxylic acids is 1. The summed E-state index contributed by atoms with van der Waals surface area (Å²) in [6.07, 6.45) is 4.58. The zero-order valence-corrected chi connectivity index (χ0v) is 12.2. The molecule has 0 bridgehead atoms. The van der Waals surface area contributed by atoms with E-state index in [2.05, 4.69) is 39.1 Å². The van der Waals surface area contributed by atoms with Crippen molar-refractivity contribution in [2.45, 2.75) is 59.8 Å². The molecule has 0 heterocycles. The van der Waals surface area contributed by atoms with Crippen molar-refractivity contribution < 1.29 is 4.79 Å². The summed E-state index contributed by atoms with van der Waals surface area (Å²) in [5, 5.41) is 12.3. The van der Waals surface area contributed by atoms with Gasteiger partial charge in [0.05, 0.1) is 6.07 Å². The molecule has 1 saturated carbocycles. The predicted octanol–water partition coefficient (Wildman–Crippen LogP) is 3.26. The third-order valence-electron chi connectivity index (χ3n) is 4.62. The molecule has 18 heavy (non-hydrogen) atoms. The van der Waals surface area contributed by atoms with Crippen molar-refractivity contribution in [3.63, 3.8) is 0 Å². The van der Waals surface area contributed by atoms with Crippen LogP contribution in [0.1, 0.15) is 59.8 Å². The lowest BCUT2D eigenvalue weighted by Gasteiger charge is -2.33. The molecule has 0 radical (unpaired) electrons. The lowest BCUT2D eigenvalue weighted by molar-refractivity contribution is -0.130. The molecule has 3 nitrogen and oxygen atoms in total. The van der Waals surface area contributed by atoms with Crippen LogP contribution < -0.4 is 5.32 Å². The Morgan fingerprint density at radius 3 is 2.33 bits per heavy atom. The standard InChI is InChI=1S/C15H26N2O/c1-12(2)14(3,4)11-17-13(18)15(10-16)8-6-5-7-9-15/h12H,5-9,11H2,1-4H3,(H,17,18). The van der Waals surface area contributed by atoms with Gasteiger partial charge in [0.2, 0.25) is 5.91 Å². The molecule has 0 atom stereocenters. The summed E-state index contributed by atoms with van der Waals surface area (Å²) >= 11 is 0. The summed E-state index contributed by atoms with van der Waals surface area (Å²) in [5.74, 6) is 0.445. The molecular formula is C15H26N2O. The molecule has 0 unspecified atom stereocenters. The summed E-state index contributed by atoms with van der Waals surface area (Å²) in [5.41, 5.74) is -0.688. The van der Waals surface area contributed by atoms with E-state index in [1.807, 2.05) is 0 Å². The van der Waals surface area contributed by atoms with Gasteiger partial charge in [-0.2, -0.15) is 5.26 Å². The molecule has 0 aromatic heterocycles. The number of amides is 1. The van der Waals surface area contributed by atoms with Crippen molar-refractivity contribution in [1.82, 2.24) is 5.32 Å². The summed E-state index contributed by atoms with van der Waals surface area (Å²) in [7, 11) is 0. The van der Waals surface area contributed by atoms with Gasteiger partial charge in [0.1, 0.15) is 5.41 Å². The Labute approximate surface area is 111 Å². The fourth-order valence-corrected chi connectivity index (χ4v) is 2.23. The second-order valence-corrected chi connectivity index (χ2v) is 6.58. The smallest absolute Gasteiger partial charge is 0.240 e. The van der Waals surface area contributed by atoms with Gasteiger partial charge in [0.15, 0.2) is 0 Å². The van der Waals surface area contributed by atoms with E-state index >= 15 is 0 Å². The fourth-order valence-electron chi connectivity index (χ4n) is 2.23. The molecule has 0 aliphatic heterocycles. The lowest BCUT2D eigenvalue weighted by atomic mass is 9.74. The van der Waals surface area contributed by atoms with Crippen molar-refractivity contribution in [1.29, 1.82) is 5.26 Å². The van der Waals surface area contributed by atoms with E-state index in [-0.39, 0.29) is 11.3 Å². The van der Waals surface area contributed by atoms with Crippen LogP contribution in [0.3, 0.4) is 0 Å². The van der Waals surface area contributed by atoms with Crippen LogP contribution in [0.4, 0.5) is 0 Å². The largest absolute Gasteiger partial charge is 0.354 e. The van der Waals surface area contributed by atoms with E-state index in [1.165, 1.54) is 0 Å². The molecule has 0 aromatic rings. The molecule has 1 aliphatic carbocycles. The van der Waals surface area contributed by atoms with Crippen molar-refractivity contribution >= 4 is 5.91 Å². The highest BCUT2D eigenvalue weighted by Gasteiger charge is 2.40. The number of nitriles is 1. The first kappa shape index (κ1) is 15.0. The number of hydrogen-bond acceptors (Lipinski definition) is 2. The van der Waals surface area contributed by atoms with Crippen LogP contribution in [0.25, 0.3) is 0 Å². The van der Waals surface area contributed by atoms with Crippen LogP contribution in [0.2, 0.25) is 0 Å². The third-order valence-corrected chi connectivity index (χ3v) is 4.62. The van der Waals surface area contributed by atoms with E-state index in [0.717, 1.165) is 32.1 Å². The molecule has 0 spiro atoms. The number of hydrogen-bond donors (Lipinski definition) is 1. The van der Waals surface area contributed by atoms with E-state index in [9.17, 15) is 10.1 Å². The summed E-state index contributed by atoms with van der Waals surface area (Å²) in [6, 6.07) is 2.27. The summed E-state index contributed by atoms with van der Waals surface area (Å²) in [4.78, 5) is 12.3. The highest BCUT2D eigenvalue weighted by atomic mass is 16.2. The average Bonchev–Trinajstić information content (AvgIpc) is 2.36. The summed E-state index contributed by atoms with van der Waals surface area (Å²) in [6.45, 7) is 9.27. The molecule has 3 heteroatoms. The van der Waals surface area contributed by atoms with Crippen molar-refractivity contribution in [2.75, 3.05) is 6.54 Å². The maximum Gasteiger partial charge on any atom is 0.240 e. The van der Waals surface area contributed by atoms with E-state index < -0.39 is 5.41 Å². The van der Waals surface area contributed by atoms with Crippen LogP contribution in [0, 0.1) is 28.1 Å². The van der Waals surface area contributed by atoms with E-state index in [0.29, 0.717) is 12.5 Å². The molecule has 1 rings (SSSR count). The number of nitrogens with zero attached hydrogens (tertiary/aromatic N) is 1. The monoisotopic (exact) mass is 250 g/mol. The van der Waals surface area contributed by atoms with Crippen LogP contribution in [0.15, 0.2) is 0 Å². The minimum Gasteiger partial charge on any atom is -0.354 e. The third kappa shape index (κ3) is 3.25. The number of rotatable bonds is 4. The highest BCUT2D eigenvalue weighted by Crippen LogP contribution is 2.36. The van der Waals surface area contributed by atoms with Crippen molar-refractivity contribution in [2.24, 2.45) is 16.7 Å². The molecule has 0 saturated heterocycles. The second kappa shape index (κ2) is 5.73. The van der Waals surface area contributed by atoms with Crippen LogP contribution in [-0.4, -0.2) is 12.5 Å². The molecule has 1 fully saturated rings. The minimum atomic E-state index is -0.759. The molecule has 1 aliphatic rings. The Morgan fingerprint density at radius 2 is 1.89 bits per heavy atom. The zero-order chi connectivity index (χ0) is 13.8. The summed E-state index contributed by atoms with van der Waals surface area (Å²) < 4.78 is 0. The molecule has 1 N–H and O–H groups in total. The molecule has 0 aromatic carbocycles. The van der Waals surface area contributed by atoms with Crippen molar-refractivity contribution in [3.8, 4) is 6.07 Å². The average molecular weight is 250 g/mol. The van der Waals surface area contributed by atoms with Crippen LogP contribution >= 0.6 is 0 Å². The fraction of sp³-hybridized carbons (Fsp3) is 0.867. The molecule has 102 valence electrons. The van der Waals surface area contributed by atoms with Gasteiger partial charge in [-0.05, 0) is 24.2 Å². The Balaban J connectivity index is 2.62. The van der Waals surface area contributed by atoms with Crippen molar-refractivity contribution in [3.05, 3.63) is 0 Å². The number of nitrogens with one attached hydrogen (secondary N) is 1. The predicted molar refractivity (Wildman–Crippen MR) is 72.8 cm³/mol. The van der Waals surface area contributed by atoms with Gasteiger partial charge in [0.25, 0.3) is 0 Å². The van der Waals surface area contributed by atoms with Gasteiger partial charge in [-0.25, -0.2) is 0 Å². The molecule has 1 amide bonds. The molecular weight excluding hydrogens is 224 g/mol. The van der Waals surface area contributed by atoms with E-state index in [4.69, 9.17) is 0 Å². The Bertz CT molecular complexity index is 333. The maximum absolute atomic E-state index is 12.3. The Hall–Kier alpha value is -1.04. The second-order valence-electron chi connectivity index (χ2n) is 6.58. The Kier molecular flexibility index (Phi) is 4.78. The topological polar surface area (TPSA) is 52.9 Å². The lowest BCUT2D eigenvalue weighted by Crippen LogP contribution is -2.45. The van der Waals surface area contributed by atoms with Gasteiger partial charge in [-0.3, -0.25) is 4.79 Å². The van der Waals surface area contributed by atoms with Gasteiger partial charge in [-0.1, -0.05) is 47.0 Å². The van der Waals surface area contributed by atoms with Gasteiger partial charge >= 0.3 is 0 Å². The Morgan fingerprint density at radius 1 is 1.33 bits per heavy atom. The maximum atomic E-state index is 12.3. The first-order chi connectivity index (χ1) is 8.34. The first-order valence-electron chi connectivity index (χ1n) is 7.04. The SMILES string of the molecule is CC(C)C(C)(C)CNC(=O)C1(C#N)CCCCC1. The quantitative estimate of drug-likeness (QED) is 0.832. The normalized spacial score (nSPS) is 19.3. The van der Waals surface area contributed by atoms with Gasteiger partial charge < -0.3 is 5.32 Å². The van der Waals surface area contributed by atoms with Crippen LogP contribution in [-0.2, 0) is 4.79 Å². The van der Waals surface area contributed by atoms with E-state index in [1.54, 1.807) is 0 Å². The highest BCUT2D eigenvalue weighted by molar-refractivity contribution is 5.85. The van der Waals surface area contributed by atoms with Crippen LogP contribution in [0.5, 0.6) is 0 Å². The minimum absolute atomic E-state index is 0.0570. The first-order valence-corrected chi connectivity index (χ1v) is 7.04. The zero-order valence-electron chi connectivity index (χ0n) is 12.2.